The summed E-state index contributed by atoms with van der Waals surface area (Å²) < 4.78 is 1.79. The minimum absolute atomic E-state index is 0.0233. The van der Waals surface area contributed by atoms with Crippen LogP contribution in [0.25, 0.3) is 10.2 Å². The van der Waals surface area contributed by atoms with Crippen LogP contribution in [0.4, 0.5) is 5.13 Å². The SMILES string of the molecule is Cc1c(C(=O)Nc2nnc(CC(C)C)s2)sc2nc3n(c(=O)c12)CCCCC3. The fraction of sp³-hybridized carbons (Fsp3) is 0.526. The van der Waals surface area contributed by atoms with E-state index >= 15 is 0 Å². The molecule has 0 fully saturated rings. The van der Waals surface area contributed by atoms with Gasteiger partial charge in [-0.2, -0.15) is 0 Å². The quantitative estimate of drug-likeness (QED) is 0.697. The summed E-state index contributed by atoms with van der Waals surface area (Å²) >= 11 is 2.67. The van der Waals surface area contributed by atoms with Crippen molar-refractivity contribution < 1.29 is 4.79 Å². The van der Waals surface area contributed by atoms with Gasteiger partial charge in [-0.3, -0.25) is 19.5 Å². The van der Waals surface area contributed by atoms with Gasteiger partial charge in [-0.1, -0.05) is 31.6 Å². The molecule has 28 heavy (non-hydrogen) atoms. The zero-order chi connectivity index (χ0) is 19.8. The Balaban J connectivity index is 1.66. The van der Waals surface area contributed by atoms with Crippen LogP contribution in [0.15, 0.2) is 4.79 Å². The van der Waals surface area contributed by atoms with Crippen LogP contribution in [0, 0.1) is 12.8 Å². The van der Waals surface area contributed by atoms with Gasteiger partial charge < -0.3 is 0 Å². The molecule has 4 heterocycles. The number of aromatic nitrogens is 4. The topological polar surface area (TPSA) is 89.8 Å². The first-order chi connectivity index (χ1) is 13.4. The maximum Gasteiger partial charge on any atom is 0.267 e. The number of hydrogen-bond acceptors (Lipinski definition) is 7. The fourth-order valence-corrected chi connectivity index (χ4v) is 5.55. The van der Waals surface area contributed by atoms with E-state index < -0.39 is 0 Å². The van der Waals surface area contributed by atoms with Gasteiger partial charge in [0.1, 0.15) is 15.7 Å². The summed E-state index contributed by atoms with van der Waals surface area (Å²) in [6.45, 7) is 6.77. The molecule has 1 amide bonds. The molecule has 0 saturated heterocycles. The van der Waals surface area contributed by atoms with Crippen molar-refractivity contribution in [3.05, 3.63) is 31.6 Å². The minimum atomic E-state index is -0.257. The molecule has 3 aromatic rings. The molecule has 0 bridgehead atoms. The van der Waals surface area contributed by atoms with Gasteiger partial charge in [0.05, 0.1) is 10.3 Å². The van der Waals surface area contributed by atoms with E-state index in [1.54, 1.807) is 4.57 Å². The molecule has 0 atom stereocenters. The smallest absolute Gasteiger partial charge is 0.267 e. The second kappa shape index (κ2) is 7.71. The second-order valence-corrected chi connectivity index (χ2v) is 9.65. The van der Waals surface area contributed by atoms with Gasteiger partial charge >= 0.3 is 0 Å². The highest BCUT2D eigenvalue weighted by atomic mass is 32.1. The van der Waals surface area contributed by atoms with E-state index in [9.17, 15) is 9.59 Å². The number of nitrogens with one attached hydrogen (secondary N) is 1. The van der Waals surface area contributed by atoms with Crippen molar-refractivity contribution in [1.29, 1.82) is 0 Å². The first-order valence-corrected chi connectivity index (χ1v) is 11.2. The summed E-state index contributed by atoms with van der Waals surface area (Å²) in [7, 11) is 0. The summed E-state index contributed by atoms with van der Waals surface area (Å²) in [5, 5.41) is 13.0. The molecular formula is C19H23N5O2S2. The predicted octanol–water partition coefficient (Wildman–Crippen LogP) is 3.80. The number of fused-ring (bicyclic) bond motifs is 2. The van der Waals surface area contributed by atoms with Crippen molar-refractivity contribution in [2.45, 2.75) is 59.4 Å². The van der Waals surface area contributed by atoms with E-state index in [4.69, 9.17) is 4.98 Å². The molecule has 4 rings (SSSR count). The van der Waals surface area contributed by atoms with Gasteiger partial charge in [-0.25, -0.2) is 4.98 Å². The maximum atomic E-state index is 13.0. The van der Waals surface area contributed by atoms with Crippen LogP contribution in [-0.4, -0.2) is 25.7 Å². The van der Waals surface area contributed by atoms with Gasteiger partial charge in [0, 0.05) is 19.4 Å². The number of rotatable bonds is 4. The van der Waals surface area contributed by atoms with Crippen LogP contribution in [0.2, 0.25) is 0 Å². The Morgan fingerprint density at radius 3 is 2.82 bits per heavy atom. The number of thiophene rings is 1. The van der Waals surface area contributed by atoms with Crippen molar-refractivity contribution in [2.75, 3.05) is 5.32 Å². The highest BCUT2D eigenvalue weighted by Gasteiger charge is 2.23. The average Bonchev–Trinajstić information content (AvgIpc) is 3.10. The number of amides is 1. The summed E-state index contributed by atoms with van der Waals surface area (Å²) in [5.74, 6) is 1.06. The first kappa shape index (κ1) is 19.2. The molecule has 1 aliphatic rings. The van der Waals surface area contributed by atoms with Crippen molar-refractivity contribution in [3.63, 3.8) is 0 Å². The normalized spacial score (nSPS) is 14.3. The molecule has 0 aromatic carbocycles. The van der Waals surface area contributed by atoms with E-state index in [0.29, 0.717) is 38.3 Å². The van der Waals surface area contributed by atoms with Gasteiger partial charge in [-0.15, -0.1) is 21.5 Å². The number of carbonyl (C=O) groups excluding carboxylic acids is 1. The minimum Gasteiger partial charge on any atom is -0.296 e. The molecule has 0 aliphatic carbocycles. The molecule has 0 saturated carbocycles. The lowest BCUT2D eigenvalue weighted by atomic mass is 10.1. The van der Waals surface area contributed by atoms with Crippen molar-refractivity contribution in [2.24, 2.45) is 5.92 Å². The van der Waals surface area contributed by atoms with Crippen molar-refractivity contribution in [1.82, 2.24) is 19.7 Å². The third-order valence-electron chi connectivity index (χ3n) is 4.89. The number of anilines is 1. The first-order valence-electron chi connectivity index (χ1n) is 9.60. The molecule has 0 spiro atoms. The predicted molar refractivity (Wildman–Crippen MR) is 113 cm³/mol. The molecule has 0 radical (unpaired) electrons. The van der Waals surface area contributed by atoms with Crippen LogP contribution in [0.1, 0.15) is 59.2 Å². The van der Waals surface area contributed by atoms with Gasteiger partial charge in [-0.05, 0) is 31.2 Å². The maximum absolute atomic E-state index is 13.0. The van der Waals surface area contributed by atoms with Gasteiger partial charge in [0.15, 0.2) is 0 Å². The Hall–Kier alpha value is -2.13. The van der Waals surface area contributed by atoms with E-state index in [1.165, 1.54) is 22.7 Å². The Morgan fingerprint density at radius 1 is 1.21 bits per heavy atom. The monoisotopic (exact) mass is 417 g/mol. The summed E-state index contributed by atoms with van der Waals surface area (Å²) in [6, 6.07) is 0. The van der Waals surface area contributed by atoms with Crippen LogP contribution < -0.4 is 10.9 Å². The lowest BCUT2D eigenvalue weighted by Gasteiger charge is -2.08. The third-order valence-corrected chi connectivity index (χ3v) is 6.93. The summed E-state index contributed by atoms with van der Waals surface area (Å²) in [4.78, 5) is 31.7. The highest BCUT2D eigenvalue weighted by molar-refractivity contribution is 7.21. The lowest BCUT2D eigenvalue weighted by Crippen LogP contribution is -2.24. The Morgan fingerprint density at radius 2 is 2.04 bits per heavy atom. The van der Waals surface area contributed by atoms with E-state index in [-0.39, 0.29) is 11.5 Å². The summed E-state index contributed by atoms with van der Waals surface area (Å²) in [5.41, 5.74) is 0.673. The molecule has 9 heteroatoms. The van der Waals surface area contributed by atoms with Gasteiger partial charge in [0.2, 0.25) is 5.13 Å². The van der Waals surface area contributed by atoms with Crippen LogP contribution >= 0.6 is 22.7 Å². The third kappa shape index (κ3) is 3.60. The van der Waals surface area contributed by atoms with E-state index in [2.05, 4.69) is 29.4 Å². The largest absolute Gasteiger partial charge is 0.296 e. The average molecular weight is 418 g/mol. The molecule has 3 aromatic heterocycles. The second-order valence-electron chi connectivity index (χ2n) is 7.58. The van der Waals surface area contributed by atoms with E-state index in [0.717, 1.165) is 42.9 Å². The standard InChI is InChI=1S/C19H23N5O2S2/c1-10(2)9-13-22-23-19(27-13)21-16(25)15-11(3)14-17(28-15)20-12-7-5-4-6-8-24(12)18(14)26/h10H,4-9H2,1-3H3,(H,21,23,25). The Bertz CT molecular complexity index is 1100. The van der Waals surface area contributed by atoms with Gasteiger partial charge in [0.25, 0.3) is 11.5 Å². The van der Waals surface area contributed by atoms with Crippen molar-refractivity contribution in [3.8, 4) is 0 Å². The van der Waals surface area contributed by atoms with Crippen LogP contribution in [0.5, 0.6) is 0 Å². The summed E-state index contributed by atoms with van der Waals surface area (Å²) in [6.07, 6.45) is 4.80. The van der Waals surface area contributed by atoms with Crippen LogP contribution in [0.3, 0.4) is 0 Å². The number of carbonyl (C=O) groups is 1. The molecule has 148 valence electrons. The molecular weight excluding hydrogens is 394 g/mol. The fourth-order valence-electron chi connectivity index (χ4n) is 3.52. The highest BCUT2D eigenvalue weighted by Crippen LogP contribution is 2.29. The molecule has 1 N–H and O–H groups in total. The lowest BCUT2D eigenvalue weighted by molar-refractivity contribution is 0.103. The number of hydrogen-bond donors (Lipinski definition) is 1. The number of nitrogens with zero attached hydrogens (tertiary/aromatic N) is 4. The molecule has 7 nitrogen and oxygen atoms in total. The molecule has 1 aliphatic heterocycles. The Labute approximate surface area is 170 Å². The number of aryl methyl sites for hydroxylation is 2. The van der Waals surface area contributed by atoms with Crippen molar-refractivity contribution >= 4 is 43.9 Å². The Kier molecular flexibility index (Phi) is 5.29. The zero-order valence-corrected chi connectivity index (χ0v) is 17.9. The van der Waals surface area contributed by atoms with E-state index in [1.807, 2.05) is 6.92 Å². The van der Waals surface area contributed by atoms with Crippen LogP contribution in [-0.2, 0) is 19.4 Å². The zero-order valence-electron chi connectivity index (χ0n) is 16.2. The molecule has 0 unspecified atom stereocenters.